The average molecular weight is 276 g/mol. The second-order valence-electron chi connectivity index (χ2n) is 4.05. The summed E-state index contributed by atoms with van der Waals surface area (Å²) in [6, 6.07) is 1.34. The second kappa shape index (κ2) is 5.91. The van der Waals surface area contributed by atoms with Gasteiger partial charge in [-0.15, -0.1) is 0 Å². The summed E-state index contributed by atoms with van der Waals surface area (Å²) in [7, 11) is 0. The molecule has 20 heavy (non-hydrogen) atoms. The fourth-order valence-electron chi connectivity index (χ4n) is 1.51. The zero-order valence-electron chi connectivity index (χ0n) is 10.7. The standard InChI is InChI=1S/C12H12N4O4/c1-7-14-11(20-16-7)3-2-10(17)15-9-4-8(12(18)19)5-13-6-9/h4-6H,2-3H2,1H3,(H,15,17)(H,18,19). The molecule has 2 aromatic heterocycles. The van der Waals surface area contributed by atoms with Gasteiger partial charge in [0.2, 0.25) is 11.8 Å². The maximum Gasteiger partial charge on any atom is 0.337 e. The average Bonchev–Trinajstić information content (AvgIpc) is 2.82. The third-order valence-corrected chi connectivity index (χ3v) is 2.40. The molecule has 2 N–H and O–H groups in total. The Labute approximate surface area is 113 Å². The van der Waals surface area contributed by atoms with Crippen molar-refractivity contribution in [2.24, 2.45) is 0 Å². The Morgan fingerprint density at radius 1 is 1.40 bits per heavy atom. The number of carbonyl (C=O) groups is 2. The van der Waals surface area contributed by atoms with Crippen molar-refractivity contribution in [2.75, 3.05) is 5.32 Å². The molecule has 0 fully saturated rings. The molecule has 0 bridgehead atoms. The maximum atomic E-state index is 11.7. The van der Waals surface area contributed by atoms with Crippen molar-refractivity contribution in [3.05, 3.63) is 35.7 Å². The predicted molar refractivity (Wildman–Crippen MR) is 67.2 cm³/mol. The van der Waals surface area contributed by atoms with Crippen molar-refractivity contribution in [2.45, 2.75) is 19.8 Å². The Morgan fingerprint density at radius 3 is 2.85 bits per heavy atom. The van der Waals surface area contributed by atoms with Crippen LogP contribution in [0, 0.1) is 6.92 Å². The summed E-state index contributed by atoms with van der Waals surface area (Å²) in [5.41, 5.74) is 0.340. The number of aromatic carboxylic acids is 1. The molecule has 8 heteroatoms. The van der Waals surface area contributed by atoms with Crippen molar-refractivity contribution in [3.8, 4) is 0 Å². The van der Waals surface area contributed by atoms with E-state index in [0.29, 0.717) is 23.8 Å². The molecule has 2 heterocycles. The SMILES string of the molecule is Cc1noc(CCC(=O)Nc2cncc(C(=O)O)c2)n1. The first-order valence-corrected chi connectivity index (χ1v) is 5.82. The molecule has 104 valence electrons. The predicted octanol–water partition coefficient (Wildman–Crippen LogP) is 1.04. The molecule has 2 rings (SSSR count). The molecule has 0 saturated carbocycles. The highest BCUT2D eigenvalue weighted by atomic mass is 16.5. The van der Waals surface area contributed by atoms with Gasteiger partial charge in [0.15, 0.2) is 5.82 Å². The minimum Gasteiger partial charge on any atom is -0.478 e. The summed E-state index contributed by atoms with van der Waals surface area (Å²) in [4.78, 5) is 30.2. The number of hydrogen-bond acceptors (Lipinski definition) is 6. The van der Waals surface area contributed by atoms with Crippen molar-refractivity contribution >= 4 is 17.6 Å². The normalized spacial score (nSPS) is 10.2. The number of aryl methyl sites for hydroxylation is 2. The molecule has 2 aromatic rings. The summed E-state index contributed by atoms with van der Waals surface area (Å²) >= 11 is 0. The quantitative estimate of drug-likeness (QED) is 0.837. The van der Waals surface area contributed by atoms with Crippen molar-refractivity contribution in [3.63, 3.8) is 0 Å². The summed E-state index contributed by atoms with van der Waals surface area (Å²) in [5.74, 6) is -0.492. The highest BCUT2D eigenvalue weighted by Gasteiger charge is 2.09. The number of hydrogen-bond donors (Lipinski definition) is 2. The van der Waals surface area contributed by atoms with Crippen LogP contribution >= 0.6 is 0 Å². The Morgan fingerprint density at radius 2 is 2.20 bits per heavy atom. The van der Waals surface area contributed by atoms with Crippen molar-refractivity contribution in [1.82, 2.24) is 15.1 Å². The molecular weight excluding hydrogens is 264 g/mol. The van der Waals surface area contributed by atoms with Gasteiger partial charge in [0, 0.05) is 19.0 Å². The fraction of sp³-hybridized carbons (Fsp3) is 0.250. The molecule has 8 nitrogen and oxygen atoms in total. The molecule has 0 spiro atoms. The minimum absolute atomic E-state index is 0.00956. The van der Waals surface area contributed by atoms with E-state index >= 15 is 0 Å². The number of aromatic nitrogens is 3. The minimum atomic E-state index is -1.10. The number of rotatable bonds is 5. The van der Waals surface area contributed by atoms with Gasteiger partial charge in [-0.25, -0.2) is 4.79 Å². The summed E-state index contributed by atoms with van der Waals surface area (Å²) in [5, 5.41) is 15.0. The first kappa shape index (κ1) is 13.7. The van der Waals surface area contributed by atoms with Crippen LogP contribution in [0.15, 0.2) is 23.0 Å². The van der Waals surface area contributed by atoms with Gasteiger partial charge < -0.3 is 14.9 Å². The number of carboxylic acids is 1. The fourth-order valence-corrected chi connectivity index (χ4v) is 1.51. The molecule has 0 aromatic carbocycles. The molecule has 1 amide bonds. The van der Waals surface area contributed by atoms with Crippen molar-refractivity contribution in [1.29, 1.82) is 0 Å². The lowest BCUT2D eigenvalue weighted by molar-refractivity contribution is -0.116. The van der Waals surface area contributed by atoms with Crippen LogP contribution in [0.3, 0.4) is 0 Å². The third-order valence-electron chi connectivity index (χ3n) is 2.40. The van der Waals surface area contributed by atoms with Gasteiger partial charge >= 0.3 is 5.97 Å². The topological polar surface area (TPSA) is 118 Å². The van der Waals surface area contributed by atoms with Gasteiger partial charge in [0.1, 0.15) is 0 Å². The van der Waals surface area contributed by atoms with E-state index in [1.165, 1.54) is 18.5 Å². The van der Waals surface area contributed by atoms with Crippen molar-refractivity contribution < 1.29 is 19.2 Å². The van der Waals surface area contributed by atoms with Gasteiger partial charge in [-0.3, -0.25) is 9.78 Å². The van der Waals surface area contributed by atoms with Gasteiger partial charge in [0.05, 0.1) is 17.4 Å². The first-order chi connectivity index (χ1) is 9.54. The molecule has 0 radical (unpaired) electrons. The van der Waals surface area contributed by atoms with Gasteiger partial charge in [-0.1, -0.05) is 5.16 Å². The van der Waals surface area contributed by atoms with Crippen LogP contribution in [0.2, 0.25) is 0 Å². The van der Waals surface area contributed by atoms with Crippen LogP contribution in [0.25, 0.3) is 0 Å². The van der Waals surface area contributed by atoms with Crippen LogP contribution in [0.4, 0.5) is 5.69 Å². The zero-order chi connectivity index (χ0) is 14.5. The molecule has 0 saturated heterocycles. The van der Waals surface area contributed by atoms with Crippen LogP contribution in [0.1, 0.15) is 28.5 Å². The Bertz CT molecular complexity index is 638. The van der Waals surface area contributed by atoms with E-state index in [4.69, 9.17) is 9.63 Å². The lowest BCUT2D eigenvalue weighted by atomic mass is 10.2. The molecule has 0 unspecified atom stereocenters. The first-order valence-electron chi connectivity index (χ1n) is 5.82. The number of pyridine rings is 1. The van der Waals surface area contributed by atoms with E-state index in [1.54, 1.807) is 6.92 Å². The number of carbonyl (C=O) groups excluding carboxylic acids is 1. The van der Waals surface area contributed by atoms with Gasteiger partial charge in [-0.2, -0.15) is 4.98 Å². The van der Waals surface area contributed by atoms with E-state index < -0.39 is 5.97 Å². The van der Waals surface area contributed by atoms with E-state index in [9.17, 15) is 9.59 Å². The zero-order valence-corrected chi connectivity index (χ0v) is 10.7. The van der Waals surface area contributed by atoms with Crippen LogP contribution in [0.5, 0.6) is 0 Å². The molecule has 0 aliphatic heterocycles. The molecule has 0 aliphatic carbocycles. The molecular formula is C12H12N4O4. The van der Waals surface area contributed by atoms with Crippen LogP contribution in [-0.2, 0) is 11.2 Å². The monoisotopic (exact) mass is 276 g/mol. The lowest BCUT2D eigenvalue weighted by Crippen LogP contribution is -2.13. The lowest BCUT2D eigenvalue weighted by Gasteiger charge is -2.04. The number of amides is 1. The van der Waals surface area contributed by atoms with Gasteiger partial charge in [0.25, 0.3) is 0 Å². The highest BCUT2D eigenvalue weighted by Crippen LogP contribution is 2.09. The summed E-state index contributed by atoms with van der Waals surface area (Å²) < 4.78 is 4.88. The largest absolute Gasteiger partial charge is 0.478 e. The van der Waals surface area contributed by atoms with E-state index in [1.807, 2.05) is 0 Å². The number of nitrogens with zero attached hydrogens (tertiary/aromatic N) is 3. The summed E-state index contributed by atoms with van der Waals surface area (Å²) in [6.07, 6.45) is 3.05. The number of carboxylic acid groups (broad SMARTS) is 1. The Kier molecular flexibility index (Phi) is 4.04. The van der Waals surface area contributed by atoms with E-state index in [-0.39, 0.29) is 17.9 Å². The Hall–Kier alpha value is -2.77. The summed E-state index contributed by atoms with van der Waals surface area (Å²) in [6.45, 7) is 1.69. The number of nitrogens with one attached hydrogen (secondary N) is 1. The highest BCUT2D eigenvalue weighted by molar-refractivity contribution is 5.93. The Balaban J connectivity index is 1.91. The second-order valence-corrected chi connectivity index (χ2v) is 4.05. The van der Waals surface area contributed by atoms with E-state index in [0.717, 1.165) is 0 Å². The van der Waals surface area contributed by atoms with Crippen LogP contribution < -0.4 is 5.32 Å². The number of anilines is 1. The van der Waals surface area contributed by atoms with E-state index in [2.05, 4.69) is 20.4 Å². The molecule has 0 atom stereocenters. The maximum absolute atomic E-state index is 11.7. The smallest absolute Gasteiger partial charge is 0.337 e. The molecule has 0 aliphatic rings. The van der Waals surface area contributed by atoms with Crippen LogP contribution in [-0.4, -0.2) is 32.1 Å². The third kappa shape index (κ3) is 3.61. The van der Waals surface area contributed by atoms with Gasteiger partial charge in [-0.05, 0) is 13.0 Å².